The van der Waals surface area contributed by atoms with Crippen LogP contribution in [0.3, 0.4) is 0 Å². The number of carbonyl (C=O) groups excluding carboxylic acids is 2. The summed E-state index contributed by atoms with van der Waals surface area (Å²) >= 11 is 0. The molecular formula is C22H26F3N5O3. The molecule has 0 radical (unpaired) electrons. The third-order valence-electron chi connectivity index (χ3n) is 4.69. The minimum absolute atomic E-state index is 0.0228. The van der Waals surface area contributed by atoms with Crippen LogP contribution in [-0.2, 0) is 11.0 Å². The molecule has 8 nitrogen and oxygen atoms in total. The number of halogens is 3. The molecule has 2 atom stereocenters. The standard InChI is InChI=1S/C21H21F3N4O3.CH5N/c1-12(11-29)26-18-10-17(19(25)30)27-20(28-18)13-2-6-15(7-3-13)31-16-8-4-14(5-9-16)21(22,23)24;1-2/h2,4-5,8-12,15H,3,6-7H2,1H3,(H2,25,30)(H,26,27,28);2H2,1H3. The van der Waals surface area contributed by atoms with Crippen LogP contribution < -0.4 is 21.5 Å². The summed E-state index contributed by atoms with van der Waals surface area (Å²) in [7, 11) is 1.50. The van der Waals surface area contributed by atoms with Crippen LogP contribution in [0.2, 0.25) is 0 Å². The van der Waals surface area contributed by atoms with Crippen molar-refractivity contribution in [1.29, 1.82) is 0 Å². The van der Waals surface area contributed by atoms with E-state index in [2.05, 4.69) is 21.0 Å². The number of rotatable bonds is 7. The number of nitrogens with one attached hydrogen (secondary N) is 1. The van der Waals surface area contributed by atoms with Crippen molar-refractivity contribution in [3.63, 3.8) is 0 Å². The fraction of sp³-hybridized carbons (Fsp3) is 0.364. The smallest absolute Gasteiger partial charge is 0.416 e. The molecule has 2 aromatic rings. The average molecular weight is 465 g/mol. The second-order valence-corrected chi connectivity index (χ2v) is 7.16. The Hall–Kier alpha value is -3.47. The monoisotopic (exact) mass is 465 g/mol. The molecule has 2 unspecified atom stereocenters. The zero-order valence-corrected chi connectivity index (χ0v) is 18.2. The van der Waals surface area contributed by atoms with Crippen molar-refractivity contribution in [3.05, 3.63) is 53.5 Å². The molecule has 0 saturated heterocycles. The van der Waals surface area contributed by atoms with Gasteiger partial charge in [-0.1, -0.05) is 6.08 Å². The predicted octanol–water partition coefficient (Wildman–Crippen LogP) is 3.18. The van der Waals surface area contributed by atoms with Crippen LogP contribution >= 0.6 is 0 Å². The maximum absolute atomic E-state index is 12.7. The van der Waals surface area contributed by atoms with Gasteiger partial charge in [-0.15, -0.1) is 0 Å². The van der Waals surface area contributed by atoms with Crippen molar-refractivity contribution >= 4 is 23.6 Å². The summed E-state index contributed by atoms with van der Waals surface area (Å²) in [6.07, 6.45) is -0.417. The highest BCUT2D eigenvalue weighted by Gasteiger charge is 2.30. The molecule has 178 valence electrons. The Balaban J connectivity index is 0.00000187. The summed E-state index contributed by atoms with van der Waals surface area (Å²) in [4.78, 5) is 31.1. The first-order valence-electron chi connectivity index (χ1n) is 10.2. The molecule has 0 spiro atoms. The number of nitrogens with two attached hydrogens (primary N) is 2. The van der Waals surface area contributed by atoms with Crippen LogP contribution in [0.25, 0.3) is 5.57 Å². The van der Waals surface area contributed by atoms with Crippen molar-refractivity contribution < 1.29 is 27.5 Å². The molecule has 1 aromatic heterocycles. The largest absolute Gasteiger partial charge is 0.490 e. The van der Waals surface area contributed by atoms with E-state index in [4.69, 9.17) is 10.5 Å². The van der Waals surface area contributed by atoms with Crippen molar-refractivity contribution in [3.8, 4) is 5.75 Å². The SMILES string of the molecule is CC(C=O)Nc1cc(C(N)=O)nc(C2=CCC(Oc3ccc(C(F)(F)F)cc3)CC2)n1.CN. The number of benzene rings is 1. The maximum atomic E-state index is 12.7. The number of anilines is 1. The van der Waals surface area contributed by atoms with Gasteiger partial charge in [-0.3, -0.25) is 4.79 Å². The molecule has 1 aromatic carbocycles. The highest BCUT2D eigenvalue weighted by atomic mass is 19.4. The quantitative estimate of drug-likeness (QED) is 0.535. The summed E-state index contributed by atoms with van der Waals surface area (Å²) in [5, 5.41) is 2.86. The Kier molecular flexibility index (Phi) is 8.92. The number of aldehydes is 1. The van der Waals surface area contributed by atoms with Crippen LogP contribution in [0.15, 0.2) is 36.4 Å². The van der Waals surface area contributed by atoms with Gasteiger partial charge in [0.05, 0.1) is 11.6 Å². The van der Waals surface area contributed by atoms with E-state index in [1.54, 1.807) is 6.92 Å². The molecule has 1 heterocycles. The lowest BCUT2D eigenvalue weighted by Crippen LogP contribution is -2.22. The Morgan fingerprint density at radius 2 is 1.91 bits per heavy atom. The van der Waals surface area contributed by atoms with Crippen LogP contribution in [-0.4, -0.2) is 41.4 Å². The highest BCUT2D eigenvalue weighted by Crippen LogP contribution is 2.32. The van der Waals surface area contributed by atoms with Gasteiger partial charge in [0, 0.05) is 12.5 Å². The van der Waals surface area contributed by atoms with E-state index < -0.39 is 23.7 Å². The summed E-state index contributed by atoms with van der Waals surface area (Å²) in [5.74, 6) is 0.272. The van der Waals surface area contributed by atoms with Gasteiger partial charge in [0.25, 0.3) is 5.91 Å². The Labute approximate surface area is 189 Å². The van der Waals surface area contributed by atoms with Gasteiger partial charge < -0.3 is 26.3 Å². The van der Waals surface area contributed by atoms with Crippen molar-refractivity contribution in [2.75, 3.05) is 12.4 Å². The summed E-state index contributed by atoms with van der Waals surface area (Å²) in [6.45, 7) is 1.64. The number of hydrogen-bond donors (Lipinski definition) is 3. The number of ether oxygens (including phenoxy) is 1. The van der Waals surface area contributed by atoms with Crippen molar-refractivity contribution in [1.82, 2.24) is 9.97 Å². The van der Waals surface area contributed by atoms with Crippen molar-refractivity contribution in [2.45, 2.75) is 44.5 Å². The molecule has 33 heavy (non-hydrogen) atoms. The third kappa shape index (κ3) is 7.28. The normalized spacial score (nSPS) is 16.5. The van der Waals surface area contributed by atoms with Gasteiger partial charge in [0.15, 0.2) is 5.82 Å². The minimum atomic E-state index is -4.39. The fourth-order valence-electron chi connectivity index (χ4n) is 3.09. The first-order valence-corrected chi connectivity index (χ1v) is 10.2. The molecule has 0 bridgehead atoms. The number of hydrogen-bond acceptors (Lipinski definition) is 7. The Morgan fingerprint density at radius 3 is 2.42 bits per heavy atom. The molecule has 1 aliphatic carbocycles. The zero-order chi connectivity index (χ0) is 24.6. The number of primary amides is 1. The maximum Gasteiger partial charge on any atom is 0.416 e. The molecule has 1 aliphatic rings. The summed E-state index contributed by atoms with van der Waals surface area (Å²) < 4.78 is 43.8. The zero-order valence-electron chi connectivity index (χ0n) is 18.2. The molecular weight excluding hydrogens is 439 g/mol. The van der Waals surface area contributed by atoms with Crippen LogP contribution in [0.5, 0.6) is 5.75 Å². The fourth-order valence-corrected chi connectivity index (χ4v) is 3.09. The van der Waals surface area contributed by atoms with E-state index in [0.29, 0.717) is 42.9 Å². The van der Waals surface area contributed by atoms with E-state index in [1.807, 2.05) is 6.08 Å². The van der Waals surface area contributed by atoms with E-state index in [9.17, 15) is 22.8 Å². The summed E-state index contributed by atoms with van der Waals surface area (Å²) in [6, 6.07) is 5.44. The van der Waals surface area contributed by atoms with Gasteiger partial charge in [0.1, 0.15) is 29.7 Å². The summed E-state index contributed by atoms with van der Waals surface area (Å²) in [5.41, 5.74) is 9.93. The first-order chi connectivity index (χ1) is 15.7. The highest BCUT2D eigenvalue weighted by molar-refractivity contribution is 5.92. The number of allylic oxidation sites excluding steroid dienone is 1. The lowest BCUT2D eigenvalue weighted by Gasteiger charge is -2.23. The molecule has 0 saturated carbocycles. The Bertz CT molecular complexity index is 994. The number of aromatic nitrogens is 2. The second-order valence-electron chi connectivity index (χ2n) is 7.16. The van der Waals surface area contributed by atoms with E-state index in [0.717, 1.165) is 17.7 Å². The molecule has 3 rings (SSSR count). The number of alkyl halides is 3. The van der Waals surface area contributed by atoms with Crippen molar-refractivity contribution in [2.24, 2.45) is 11.5 Å². The van der Waals surface area contributed by atoms with Gasteiger partial charge >= 0.3 is 6.18 Å². The predicted molar refractivity (Wildman–Crippen MR) is 117 cm³/mol. The van der Waals surface area contributed by atoms with Gasteiger partial charge in [-0.2, -0.15) is 13.2 Å². The third-order valence-corrected chi connectivity index (χ3v) is 4.69. The van der Waals surface area contributed by atoms with Crippen LogP contribution in [0.4, 0.5) is 19.0 Å². The van der Waals surface area contributed by atoms with E-state index >= 15 is 0 Å². The van der Waals surface area contributed by atoms with Crippen LogP contribution in [0.1, 0.15) is 48.1 Å². The second kappa shape index (κ2) is 11.4. The topological polar surface area (TPSA) is 133 Å². The number of amides is 1. The molecule has 5 N–H and O–H groups in total. The Morgan fingerprint density at radius 1 is 1.24 bits per heavy atom. The van der Waals surface area contributed by atoms with Gasteiger partial charge in [-0.05, 0) is 56.7 Å². The number of carbonyl (C=O) groups is 2. The van der Waals surface area contributed by atoms with Gasteiger partial charge in [0.2, 0.25) is 0 Å². The average Bonchev–Trinajstić information content (AvgIpc) is 2.80. The minimum Gasteiger partial charge on any atom is -0.490 e. The first kappa shape index (κ1) is 25.8. The molecule has 0 fully saturated rings. The van der Waals surface area contributed by atoms with E-state index in [1.165, 1.54) is 25.2 Å². The van der Waals surface area contributed by atoms with Gasteiger partial charge in [-0.25, -0.2) is 9.97 Å². The lowest BCUT2D eigenvalue weighted by atomic mass is 9.96. The number of nitrogens with zero attached hydrogens (tertiary/aromatic N) is 2. The molecule has 11 heteroatoms. The lowest BCUT2D eigenvalue weighted by molar-refractivity contribution is -0.137. The molecule has 1 amide bonds. The molecule has 0 aliphatic heterocycles. The van der Waals surface area contributed by atoms with Crippen LogP contribution in [0, 0.1) is 0 Å². The van der Waals surface area contributed by atoms with E-state index in [-0.39, 0.29) is 11.8 Å².